The molecule has 30 heavy (non-hydrogen) atoms. The maximum Gasteiger partial charge on any atom is 0.252 e. The number of ether oxygens (including phenoxy) is 1. The van der Waals surface area contributed by atoms with Crippen molar-refractivity contribution in [3.8, 4) is 0 Å². The van der Waals surface area contributed by atoms with Crippen molar-refractivity contribution in [1.29, 1.82) is 0 Å². The number of aromatic nitrogens is 1. The highest BCUT2D eigenvalue weighted by atomic mass is 127. The number of methoxy groups -OCH3 is 1. The summed E-state index contributed by atoms with van der Waals surface area (Å²) in [6.07, 6.45) is -0.0114. The lowest BCUT2D eigenvalue weighted by Gasteiger charge is -2.21. The number of carbonyl (C=O) groups is 1. The van der Waals surface area contributed by atoms with Crippen LogP contribution in [-0.2, 0) is 11.3 Å². The van der Waals surface area contributed by atoms with Gasteiger partial charge in [0.2, 0.25) is 0 Å². The summed E-state index contributed by atoms with van der Waals surface area (Å²) in [6.45, 7) is 6.24. The molecule has 1 atom stereocenters. The molecule has 7 nitrogen and oxygen atoms in total. The van der Waals surface area contributed by atoms with E-state index in [4.69, 9.17) is 16.3 Å². The van der Waals surface area contributed by atoms with Crippen molar-refractivity contribution in [2.45, 2.75) is 26.5 Å². The first-order chi connectivity index (χ1) is 14.0. The standard InChI is InChI=1S/C20H28ClN5O2S.HI/c1-5-22-20(26(3)12-15-13-29-19(25-15)14(2)28-4)24-11-10-23-18(27)16-8-6-7-9-17(16)21;/h6-9,13-14H,5,10-12H2,1-4H3,(H,22,24)(H,23,27);1H. The van der Waals surface area contributed by atoms with E-state index in [1.165, 1.54) is 0 Å². The molecule has 0 saturated carbocycles. The van der Waals surface area contributed by atoms with Crippen molar-refractivity contribution < 1.29 is 9.53 Å². The van der Waals surface area contributed by atoms with Crippen LogP contribution in [0.3, 0.4) is 0 Å². The summed E-state index contributed by atoms with van der Waals surface area (Å²) >= 11 is 7.65. The molecule has 1 amide bonds. The Labute approximate surface area is 204 Å². The van der Waals surface area contributed by atoms with Gasteiger partial charge < -0.3 is 20.3 Å². The van der Waals surface area contributed by atoms with E-state index in [0.717, 1.165) is 23.2 Å². The molecule has 0 bridgehead atoms. The van der Waals surface area contributed by atoms with Crippen molar-refractivity contribution in [2.24, 2.45) is 4.99 Å². The quantitative estimate of drug-likeness (QED) is 0.208. The molecule has 166 valence electrons. The third kappa shape index (κ3) is 8.01. The smallest absolute Gasteiger partial charge is 0.252 e. The van der Waals surface area contributed by atoms with Gasteiger partial charge in [-0.3, -0.25) is 9.79 Å². The van der Waals surface area contributed by atoms with Crippen LogP contribution in [0.15, 0.2) is 34.6 Å². The van der Waals surface area contributed by atoms with Crippen LogP contribution < -0.4 is 10.6 Å². The van der Waals surface area contributed by atoms with Crippen molar-refractivity contribution in [1.82, 2.24) is 20.5 Å². The van der Waals surface area contributed by atoms with E-state index in [1.807, 2.05) is 31.2 Å². The number of rotatable bonds is 9. The molecule has 10 heteroatoms. The number of thiazole rings is 1. The van der Waals surface area contributed by atoms with E-state index in [2.05, 4.69) is 20.6 Å². The molecule has 1 unspecified atom stereocenters. The number of carbonyl (C=O) groups excluding carboxylic acids is 1. The molecule has 2 aromatic rings. The summed E-state index contributed by atoms with van der Waals surface area (Å²) in [5.41, 5.74) is 1.43. The average molecular weight is 566 g/mol. The third-order valence-electron chi connectivity index (χ3n) is 4.14. The summed E-state index contributed by atoms with van der Waals surface area (Å²) in [7, 11) is 3.64. The number of benzene rings is 1. The van der Waals surface area contributed by atoms with E-state index in [9.17, 15) is 4.79 Å². The van der Waals surface area contributed by atoms with Crippen molar-refractivity contribution in [3.05, 3.63) is 50.9 Å². The van der Waals surface area contributed by atoms with E-state index >= 15 is 0 Å². The maximum absolute atomic E-state index is 12.2. The normalized spacial score (nSPS) is 12.1. The zero-order valence-electron chi connectivity index (χ0n) is 17.6. The number of hydrogen-bond donors (Lipinski definition) is 2. The Balaban J connectivity index is 0.00000450. The molecule has 0 radical (unpaired) electrons. The van der Waals surface area contributed by atoms with Crippen LogP contribution in [0.5, 0.6) is 0 Å². The Kier molecular flexibility index (Phi) is 12.2. The SMILES string of the molecule is CCNC(=NCCNC(=O)c1ccccc1Cl)N(C)Cc1csc(C(C)OC)n1.I. The van der Waals surface area contributed by atoms with Gasteiger partial charge in [0, 0.05) is 32.6 Å². The first kappa shape index (κ1) is 26.6. The number of guanidine groups is 1. The van der Waals surface area contributed by atoms with E-state index in [-0.39, 0.29) is 36.0 Å². The molecule has 1 aromatic heterocycles. The van der Waals surface area contributed by atoms with Gasteiger partial charge in [0.15, 0.2) is 5.96 Å². The monoisotopic (exact) mass is 565 g/mol. The Morgan fingerprint density at radius 1 is 1.37 bits per heavy atom. The number of aliphatic imine (C=N–C) groups is 1. The van der Waals surface area contributed by atoms with Crippen LogP contribution in [0.2, 0.25) is 5.02 Å². The van der Waals surface area contributed by atoms with E-state index < -0.39 is 0 Å². The number of nitrogens with one attached hydrogen (secondary N) is 2. The Hall–Kier alpha value is -1.43. The largest absolute Gasteiger partial charge is 0.375 e. The fourth-order valence-corrected chi connectivity index (χ4v) is 3.61. The average Bonchev–Trinajstić information content (AvgIpc) is 3.18. The lowest BCUT2D eigenvalue weighted by Crippen LogP contribution is -2.39. The summed E-state index contributed by atoms with van der Waals surface area (Å²) in [5.74, 6) is 0.556. The van der Waals surface area contributed by atoms with Gasteiger partial charge in [0.25, 0.3) is 5.91 Å². The van der Waals surface area contributed by atoms with Gasteiger partial charge >= 0.3 is 0 Å². The van der Waals surface area contributed by atoms with Crippen LogP contribution >= 0.6 is 46.9 Å². The zero-order valence-corrected chi connectivity index (χ0v) is 21.5. The molecule has 0 aliphatic carbocycles. The van der Waals surface area contributed by atoms with Gasteiger partial charge in [-0.1, -0.05) is 23.7 Å². The highest BCUT2D eigenvalue weighted by Gasteiger charge is 2.13. The van der Waals surface area contributed by atoms with Gasteiger partial charge in [-0.05, 0) is 26.0 Å². The number of halogens is 2. The lowest BCUT2D eigenvalue weighted by atomic mass is 10.2. The van der Waals surface area contributed by atoms with Crippen molar-refractivity contribution >= 4 is 58.8 Å². The van der Waals surface area contributed by atoms with E-state index in [0.29, 0.717) is 30.2 Å². The van der Waals surface area contributed by atoms with Crippen LogP contribution in [0.25, 0.3) is 0 Å². The molecule has 2 rings (SSSR count). The minimum atomic E-state index is -0.202. The van der Waals surface area contributed by atoms with Crippen LogP contribution in [-0.4, -0.2) is 55.5 Å². The second-order valence-corrected chi connectivity index (χ2v) is 7.68. The Bertz CT molecular complexity index is 833. The minimum absolute atomic E-state index is 0. The first-order valence-corrected chi connectivity index (χ1v) is 10.7. The highest BCUT2D eigenvalue weighted by molar-refractivity contribution is 14.0. The molecular formula is C20H29ClIN5O2S. The van der Waals surface area contributed by atoms with Crippen LogP contribution in [0.1, 0.15) is 41.0 Å². The summed E-state index contributed by atoms with van der Waals surface area (Å²) in [6, 6.07) is 6.98. The maximum atomic E-state index is 12.2. The molecule has 0 saturated heterocycles. The number of hydrogen-bond acceptors (Lipinski definition) is 5. The summed E-state index contributed by atoms with van der Waals surface area (Å²) < 4.78 is 5.32. The lowest BCUT2D eigenvalue weighted by molar-refractivity contribution is 0.0955. The van der Waals surface area contributed by atoms with E-state index in [1.54, 1.807) is 42.7 Å². The zero-order chi connectivity index (χ0) is 21.2. The second kappa shape index (κ2) is 13.8. The predicted molar refractivity (Wildman–Crippen MR) is 134 cm³/mol. The summed E-state index contributed by atoms with van der Waals surface area (Å²) in [4.78, 5) is 23.4. The molecule has 2 N–H and O–H groups in total. The van der Waals surface area contributed by atoms with Crippen LogP contribution in [0.4, 0.5) is 0 Å². The molecule has 0 spiro atoms. The molecule has 1 heterocycles. The molecule has 0 fully saturated rings. The second-order valence-electron chi connectivity index (χ2n) is 6.38. The number of nitrogens with zero attached hydrogens (tertiary/aromatic N) is 3. The fraction of sp³-hybridized carbons (Fsp3) is 0.450. The summed E-state index contributed by atoms with van der Waals surface area (Å²) in [5, 5.41) is 9.54. The van der Waals surface area contributed by atoms with Gasteiger partial charge in [0.1, 0.15) is 11.1 Å². The van der Waals surface area contributed by atoms with Gasteiger partial charge in [-0.15, -0.1) is 35.3 Å². The Morgan fingerprint density at radius 3 is 2.77 bits per heavy atom. The predicted octanol–water partition coefficient (Wildman–Crippen LogP) is 3.95. The molecular weight excluding hydrogens is 537 g/mol. The first-order valence-electron chi connectivity index (χ1n) is 9.45. The minimum Gasteiger partial charge on any atom is -0.375 e. The highest BCUT2D eigenvalue weighted by Crippen LogP contribution is 2.21. The fourth-order valence-electron chi connectivity index (χ4n) is 2.54. The van der Waals surface area contributed by atoms with Crippen molar-refractivity contribution in [3.63, 3.8) is 0 Å². The van der Waals surface area contributed by atoms with Gasteiger partial charge in [0.05, 0.1) is 29.4 Å². The molecule has 1 aromatic carbocycles. The Morgan fingerprint density at radius 2 is 2.10 bits per heavy atom. The van der Waals surface area contributed by atoms with Gasteiger partial charge in [-0.25, -0.2) is 4.98 Å². The van der Waals surface area contributed by atoms with Crippen molar-refractivity contribution in [2.75, 3.05) is 33.8 Å². The number of amides is 1. The van der Waals surface area contributed by atoms with Gasteiger partial charge in [-0.2, -0.15) is 0 Å². The molecule has 0 aliphatic rings. The van der Waals surface area contributed by atoms with Crippen LogP contribution in [0, 0.1) is 0 Å². The molecule has 0 aliphatic heterocycles. The topological polar surface area (TPSA) is 78.9 Å². The third-order valence-corrected chi connectivity index (χ3v) is 5.53.